The molecule has 1 aromatic carbocycles. The van der Waals surface area contributed by atoms with E-state index in [1.54, 1.807) is 14.2 Å². The Kier molecular flexibility index (Phi) is 9.94. The second-order valence-corrected chi connectivity index (χ2v) is 4.77. The van der Waals surface area contributed by atoms with Gasteiger partial charge in [0.2, 0.25) is 0 Å². The van der Waals surface area contributed by atoms with Crippen LogP contribution in [0, 0.1) is 5.92 Å². The van der Waals surface area contributed by atoms with Crippen molar-refractivity contribution in [3.8, 4) is 11.5 Å². The quantitative estimate of drug-likeness (QED) is 0.432. The second-order valence-electron chi connectivity index (χ2n) is 4.77. The van der Waals surface area contributed by atoms with Crippen LogP contribution < -0.4 is 20.1 Å². The van der Waals surface area contributed by atoms with Gasteiger partial charge < -0.3 is 20.1 Å². The van der Waals surface area contributed by atoms with E-state index in [1.807, 2.05) is 25.1 Å². The van der Waals surface area contributed by atoms with Gasteiger partial charge in [0.25, 0.3) is 0 Å². The average Bonchev–Trinajstić information content (AvgIpc) is 2.44. The summed E-state index contributed by atoms with van der Waals surface area (Å²) in [5, 5.41) is 6.49. The number of anilines is 1. The normalized spacial score (nSPS) is 10.9. The van der Waals surface area contributed by atoms with Crippen LogP contribution in [-0.4, -0.2) is 33.3 Å². The van der Waals surface area contributed by atoms with Crippen LogP contribution in [0.2, 0.25) is 0 Å². The zero-order chi connectivity index (χ0) is 15.0. The molecule has 0 fully saturated rings. The van der Waals surface area contributed by atoms with Crippen LogP contribution in [-0.2, 0) is 0 Å². The summed E-state index contributed by atoms with van der Waals surface area (Å²) in [6.07, 6.45) is 0. The van der Waals surface area contributed by atoms with E-state index >= 15 is 0 Å². The van der Waals surface area contributed by atoms with Crippen molar-refractivity contribution < 1.29 is 9.47 Å². The fraction of sp³-hybridized carbons (Fsp3) is 0.533. The molecule has 0 amide bonds. The lowest BCUT2D eigenvalue weighted by Gasteiger charge is -2.15. The van der Waals surface area contributed by atoms with Gasteiger partial charge in [-0.05, 0) is 25.0 Å². The smallest absolute Gasteiger partial charge is 0.195 e. The number of halogens is 1. The van der Waals surface area contributed by atoms with Crippen molar-refractivity contribution in [3.05, 3.63) is 18.2 Å². The number of ether oxygens (including phenoxy) is 2. The average molecular weight is 407 g/mol. The highest BCUT2D eigenvalue weighted by Gasteiger charge is 2.07. The maximum atomic E-state index is 5.49. The van der Waals surface area contributed by atoms with Crippen molar-refractivity contribution >= 4 is 35.6 Å². The molecule has 0 saturated carbocycles. The van der Waals surface area contributed by atoms with Gasteiger partial charge in [0.15, 0.2) is 17.5 Å². The standard InChI is InChI=1S/C15H25N3O2.HI/c1-6-20-13-8-7-12(9-14(13)19-5)18-15(16-4)17-10-11(2)3;/h7-9,11H,6,10H2,1-5H3,(H2,16,17,18);1H. The first kappa shape index (κ1) is 19.8. The fourth-order valence-corrected chi connectivity index (χ4v) is 1.64. The zero-order valence-corrected chi connectivity index (χ0v) is 15.7. The van der Waals surface area contributed by atoms with Gasteiger partial charge in [-0.3, -0.25) is 4.99 Å². The molecule has 5 nitrogen and oxygen atoms in total. The lowest BCUT2D eigenvalue weighted by atomic mass is 10.2. The summed E-state index contributed by atoms with van der Waals surface area (Å²) in [7, 11) is 3.38. The minimum absolute atomic E-state index is 0. The number of methoxy groups -OCH3 is 1. The molecule has 0 heterocycles. The van der Waals surface area contributed by atoms with Gasteiger partial charge in [-0.15, -0.1) is 24.0 Å². The molecule has 0 aromatic heterocycles. The highest BCUT2D eigenvalue weighted by Crippen LogP contribution is 2.30. The Morgan fingerprint density at radius 2 is 2.00 bits per heavy atom. The van der Waals surface area contributed by atoms with Gasteiger partial charge in [-0.2, -0.15) is 0 Å². The number of rotatable bonds is 6. The Morgan fingerprint density at radius 1 is 1.29 bits per heavy atom. The Hall–Kier alpha value is -1.18. The first-order chi connectivity index (χ1) is 9.60. The topological polar surface area (TPSA) is 54.9 Å². The largest absolute Gasteiger partial charge is 0.493 e. The van der Waals surface area contributed by atoms with Crippen molar-refractivity contribution in [3.63, 3.8) is 0 Å². The molecule has 1 aromatic rings. The molecule has 0 radical (unpaired) electrons. The lowest BCUT2D eigenvalue weighted by molar-refractivity contribution is 0.311. The summed E-state index contributed by atoms with van der Waals surface area (Å²) < 4.78 is 10.8. The summed E-state index contributed by atoms with van der Waals surface area (Å²) >= 11 is 0. The highest BCUT2D eigenvalue weighted by atomic mass is 127. The number of benzene rings is 1. The van der Waals surface area contributed by atoms with Crippen molar-refractivity contribution in [1.29, 1.82) is 0 Å². The maximum Gasteiger partial charge on any atom is 0.195 e. The van der Waals surface area contributed by atoms with Gasteiger partial charge >= 0.3 is 0 Å². The maximum absolute atomic E-state index is 5.49. The summed E-state index contributed by atoms with van der Waals surface area (Å²) in [6, 6.07) is 5.73. The van der Waals surface area contributed by atoms with E-state index in [1.165, 1.54) is 0 Å². The van der Waals surface area contributed by atoms with Crippen LogP contribution >= 0.6 is 24.0 Å². The molecule has 0 spiro atoms. The van der Waals surface area contributed by atoms with Gasteiger partial charge in [-0.1, -0.05) is 13.8 Å². The first-order valence-electron chi connectivity index (χ1n) is 6.89. The molecular formula is C15H26IN3O2. The Morgan fingerprint density at radius 3 is 2.52 bits per heavy atom. The van der Waals surface area contributed by atoms with Crippen LogP contribution in [0.25, 0.3) is 0 Å². The monoisotopic (exact) mass is 407 g/mol. The molecule has 0 bridgehead atoms. The van der Waals surface area contributed by atoms with Crippen molar-refractivity contribution in [2.24, 2.45) is 10.9 Å². The van der Waals surface area contributed by atoms with E-state index < -0.39 is 0 Å². The molecular weight excluding hydrogens is 381 g/mol. The van der Waals surface area contributed by atoms with E-state index in [2.05, 4.69) is 29.5 Å². The Bertz CT molecular complexity index is 451. The predicted octanol–water partition coefficient (Wildman–Crippen LogP) is 3.36. The summed E-state index contributed by atoms with van der Waals surface area (Å²) in [5.74, 6) is 2.75. The predicted molar refractivity (Wildman–Crippen MR) is 99.4 cm³/mol. The van der Waals surface area contributed by atoms with Gasteiger partial charge in [0.05, 0.1) is 13.7 Å². The molecule has 0 saturated heterocycles. The molecule has 120 valence electrons. The van der Waals surface area contributed by atoms with E-state index in [9.17, 15) is 0 Å². The number of nitrogens with zero attached hydrogens (tertiary/aromatic N) is 1. The first-order valence-corrected chi connectivity index (χ1v) is 6.89. The van der Waals surface area contributed by atoms with Crippen molar-refractivity contribution in [2.45, 2.75) is 20.8 Å². The number of aliphatic imine (C=N–C) groups is 1. The third-order valence-electron chi connectivity index (χ3n) is 2.63. The molecule has 6 heteroatoms. The van der Waals surface area contributed by atoms with Crippen molar-refractivity contribution in [1.82, 2.24) is 5.32 Å². The molecule has 2 N–H and O–H groups in total. The van der Waals surface area contributed by atoms with Crippen LogP contribution in [0.4, 0.5) is 5.69 Å². The molecule has 0 aliphatic rings. The van der Waals surface area contributed by atoms with E-state index in [-0.39, 0.29) is 24.0 Å². The Balaban J connectivity index is 0.00000400. The van der Waals surface area contributed by atoms with E-state index in [0.717, 1.165) is 23.9 Å². The number of guanidine groups is 1. The van der Waals surface area contributed by atoms with Crippen LogP contribution in [0.5, 0.6) is 11.5 Å². The minimum Gasteiger partial charge on any atom is -0.493 e. The number of nitrogens with one attached hydrogen (secondary N) is 2. The summed E-state index contributed by atoms with van der Waals surface area (Å²) in [6.45, 7) is 7.73. The lowest BCUT2D eigenvalue weighted by Crippen LogP contribution is -2.33. The minimum atomic E-state index is 0. The summed E-state index contributed by atoms with van der Waals surface area (Å²) in [5.41, 5.74) is 0.905. The third kappa shape index (κ3) is 6.88. The highest BCUT2D eigenvalue weighted by molar-refractivity contribution is 14.0. The molecule has 0 aliphatic carbocycles. The van der Waals surface area contributed by atoms with Gasteiger partial charge in [0.1, 0.15) is 0 Å². The van der Waals surface area contributed by atoms with E-state index in [4.69, 9.17) is 9.47 Å². The molecule has 0 atom stereocenters. The molecule has 21 heavy (non-hydrogen) atoms. The second kappa shape index (κ2) is 10.5. The SMILES string of the molecule is CCOc1ccc(NC(=NC)NCC(C)C)cc1OC.I. The van der Waals surface area contributed by atoms with Gasteiger partial charge in [-0.25, -0.2) is 0 Å². The Labute approximate surface area is 144 Å². The number of hydrogen-bond donors (Lipinski definition) is 2. The van der Waals surface area contributed by atoms with E-state index in [0.29, 0.717) is 18.3 Å². The molecule has 1 rings (SSSR count). The van der Waals surface area contributed by atoms with Gasteiger partial charge in [0, 0.05) is 25.3 Å². The van der Waals surface area contributed by atoms with Crippen molar-refractivity contribution in [2.75, 3.05) is 32.6 Å². The van der Waals surface area contributed by atoms with Crippen LogP contribution in [0.3, 0.4) is 0 Å². The molecule has 0 aliphatic heterocycles. The fourth-order valence-electron chi connectivity index (χ4n) is 1.64. The van der Waals surface area contributed by atoms with Crippen LogP contribution in [0.15, 0.2) is 23.2 Å². The zero-order valence-electron chi connectivity index (χ0n) is 13.4. The molecule has 0 unspecified atom stereocenters. The third-order valence-corrected chi connectivity index (χ3v) is 2.63. The number of hydrogen-bond acceptors (Lipinski definition) is 3. The summed E-state index contributed by atoms with van der Waals surface area (Å²) in [4.78, 5) is 4.19. The van der Waals surface area contributed by atoms with Crippen LogP contribution in [0.1, 0.15) is 20.8 Å².